The van der Waals surface area contributed by atoms with Gasteiger partial charge in [-0.15, -0.1) is 0 Å². The minimum absolute atomic E-state index is 0.0161. The van der Waals surface area contributed by atoms with Gasteiger partial charge in [0, 0.05) is 26.2 Å². The van der Waals surface area contributed by atoms with Crippen LogP contribution in [-0.4, -0.2) is 68.0 Å². The molecule has 26 heavy (non-hydrogen) atoms. The van der Waals surface area contributed by atoms with Gasteiger partial charge >= 0.3 is 6.09 Å². The molecule has 1 aromatic carbocycles. The summed E-state index contributed by atoms with van der Waals surface area (Å²) in [5.41, 5.74) is 1.94. The average Bonchev–Trinajstić information content (AvgIpc) is 2.60. The molecule has 0 saturated carbocycles. The summed E-state index contributed by atoms with van der Waals surface area (Å²) in [5, 5.41) is 0. The van der Waals surface area contributed by atoms with Gasteiger partial charge in [-0.3, -0.25) is 9.80 Å². The SMILES string of the molecule is COc1ccc2c(c1)CCN(C(=O)OC(C)(C)C)C2CN1CCOCC1. The van der Waals surface area contributed by atoms with E-state index in [2.05, 4.69) is 17.0 Å². The Balaban J connectivity index is 1.86. The fourth-order valence-electron chi connectivity index (χ4n) is 3.58. The van der Waals surface area contributed by atoms with Crippen LogP contribution >= 0.6 is 0 Å². The Morgan fingerprint density at radius 2 is 1.96 bits per heavy atom. The van der Waals surface area contributed by atoms with Crippen LogP contribution in [0.25, 0.3) is 0 Å². The monoisotopic (exact) mass is 362 g/mol. The van der Waals surface area contributed by atoms with Gasteiger partial charge in [0.05, 0.1) is 26.4 Å². The summed E-state index contributed by atoms with van der Waals surface area (Å²) in [4.78, 5) is 17.1. The molecule has 6 nitrogen and oxygen atoms in total. The lowest BCUT2D eigenvalue weighted by Gasteiger charge is -2.41. The second kappa shape index (κ2) is 7.84. The van der Waals surface area contributed by atoms with Gasteiger partial charge in [0.2, 0.25) is 0 Å². The fraction of sp³-hybridized carbons (Fsp3) is 0.650. The highest BCUT2D eigenvalue weighted by Crippen LogP contribution is 2.34. The molecule has 0 spiro atoms. The van der Waals surface area contributed by atoms with Crippen LogP contribution in [0.1, 0.15) is 37.9 Å². The molecule has 0 N–H and O–H groups in total. The zero-order valence-electron chi connectivity index (χ0n) is 16.3. The molecular formula is C20H30N2O4. The third kappa shape index (κ3) is 4.48. The summed E-state index contributed by atoms with van der Waals surface area (Å²) in [6.45, 7) is 10.4. The van der Waals surface area contributed by atoms with Crippen molar-refractivity contribution in [2.24, 2.45) is 0 Å². The van der Waals surface area contributed by atoms with Crippen molar-refractivity contribution in [1.29, 1.82) is 0 Å². The van der Waals surface area contributed by atoms with Crippen molar-refractivity contribution in [3.63, 3.8) is 0 Å². The van der Waals surface area contributed by atoms with Crippen molar-refractivity contribution in [2.45, 2.75) is 38.8 Å². The first kappa shape index (κ1) is 19.0. The maximum Gasteiger partial charge on any atom is 0.410 e. The van der Waals surface area contributed by atoms with E-state index in [9.17, 15) is 4.79 Å². The third-order valence-corrected chi connectivity index (χ3v) is 4.87. The van der Waals surface area contributed by atoms with Crippen LogP contribution in [0.15, 0.2) is 18.2 Å². The summed E-state index contributed by atoms with van der Waals surface area (Å²) in [5.74, 6) is 0.861. The molecule has 0 aromatic heterocycles. The topological polar surface area (TPSA) is 51.2 Å². The zero-order valence-corrected chi connectivity index (χ0v) is 16.3. The Morgan fingerprint density at radius 3 is 2.62 bits per heavy atom. The van der Waals surface area contributed by atoms with Crippen molar-refractivity contribution in [2.75, 3.05) is 46.5 Å². The van der Waals surface area contributed by atoms with E-state index < -0.39 is 5.60 Å². The second-order valence-electron chi connectivity index (χ2n) is 7.92. The first-order valence-corrected chi connectivity index (χ1v) is 9.34. The van der Waals surface area contributed by atoms with E-state index in [1.54, 1.807) is 7.11 Å². The van der Waals surface area contributed by atoms with E-state index >= 15 is 0 Å². The lowest BCUT2D eigenvalue weighted by atomic mass is 9.92. The quantitative estimate of drug-likeness (QED) is 0.828. The van der Waals surface area contributed by atoms with E-state index in [1.165, 1.54) is 11.1 Å². The predicted molar refractivity (Wildman–Crippen MR) is 99.6 cm³/mol. The number of ether oxygens (including phenoxy) is 3. The minimum Gasteiger partial charge on any atom is -0.497 e. The molecule has 0 aliphatic carbocycles. The van der Waals surface area contributed by atoms with Gasteiger partial charge in [-0.2, -0.15) is 0 Å². The molecule has 1 unspecified atom stereocenters. The van der Waals surface area contributed by atoms with Gasteiger partial charge in [0.25, 0.3) is 0 Å². The first-order valence-electron chi connectivity index (χ1n) is 9.34. The lowest BCUT2D eigenvalue weighted by molar-refractivity contribution is -0.00210. The van der Waals surface area contributed by atoms with E-state index in [-0.39, 0.29) is 12.1 Å². The van der Waals surface area contributed by atoms with E-state index in [0.717, 1.165) is 45.0 Å². The van der Waals surface area contributed by atoms with E-state index in [0.29, 0.717) is 6.54 Å². The standard InChI is InChI=1S/C20H30N2O4/c1-20(2,3)26-19(23)22-8-7-15-13-16(24-4)5-6-17(15)18(22)14-21-9-11-25-12-10-21/h5-6,13,18H,7-12,14H2,1-4H3. The number of carbonyl (C=O) groups excluding carboxylic acids is 1. The molecular weight excluding hydrogens is 332 g/mol. The molecule has 1 atom stereocenters. The van der Waals surface area contributed by atoms with Gasteiger partial charge in [-0.1, -0.05) is 6.07 Å². The summed E-state index contributed by atoms with van der Waals surface area (Å²) in [6.07, 6.45) is 0.572. The van der Waals surface area contributed by atoms with Crippen LogP contribution < -0.4 is 4.74 Å². The number of nitrogens with zero attached hydrogens (tertiary/aromatic N) is 2. The number of hydrogen-bond donors (Lipinski definition) is 0. The van der Waals surface area contributed by atoms with Crippen molar-refractivity contribution in [3.05, 3.63) is 29.3 Å². The first-order chi connectivity index (χ1) is 12.4. The number of hydrogen-bond acceptors (Lipinski definition) is 5. The highest BCUT2D eigenvalue weighted by molar-refractivity contribution is 5.69. The number of methoxy groups -OCH3 is 1. The van der Waals surface area contributed by atoms with E-state index in [4.69, 9.17) is 14.2 Å². The Morgan fingerprint density at radius 1 is 1.23 bits per heavy atom. The fourth-order valence-corrected chi connectivity index (χ4v) is 3.58. The number of rotatable bonds is 3. The van der Waals surface area contributed by atoms with E-state index in [1.807, 2.05) is 31.7 Å². The van der Waals surface area contributed by atoms with Crippen LogP contribution in [0.5, 0.6) is 5.75 Å². The molecule has 0 bridgehead atoms. The van der Waals surface area contributed by atoms with Crippen molar-refractivity contribution in [1.82, 2.24) is 9.80 Å². The number of amides is 1. The lowest BCUT2D eigenvalue weighted by Crippen LogP contribution is -2.48. The largest absolute Gasteiger partial charge is 0.497 e. The molecule has 144 valence electrons. The highest BCUT2D eigenvalue weighted by Gasteiger charge is 2.35. The van der Waals surface area contributed by atoms with Gasteiger partial charge in [-0.25, -0.2) is 4.79 Å². The molecule has 1 aromatic rings. The van der Waals surface area contributed by atoms with Gasteiger partial charge in [-0.05, 0) is 50.5 Å². The van der Waals surface area contributed by atoms with Gasteiger partial charge < -0.3 is 14.2 Å². The summed E-state index contributed by atoms with van der Waals surface area (Å²) >= 11 is 0. The molecule has 3 rings (SSSR count). The normalized spacial score (nSPS) is 21.2. The molecule has 1 saturated heterocycles. The summed E-state index contributed by atoms with van der Waals surface area (Å²) < 4.78 is 16.5. The molecule has 6 heteroatoms. The maximum atomic E-state index is 12.8. The molecule has 1 fully saturated rings. The van der Waals surface area contributed by atoms with Crippen molar-refractivity contribution >= 4 is 6.09 Å². The maximum absolute atomic E-state index is 12.8. The second-order valence-corrected chi connectivity index (χ2v) is 7.92. The number of carbonyl (C=O) groups is 1. The minimum atomic E-state index is -0.499. The Kier molecular flexibility index (Phi) is 5.73. The number of benzene rings is 1. The summed E-state index contributed by atoms with van der Waals surface area (Å²) in [7, 11) is 1.68. The van der Waals surface area contributed by atoms with Crippen LogP contribution in [0.4, 0.5) is 4.79 Å². The Hall–Kier alpha value is -1.79. The zero-order chi connectivity index (χ0) is 18.7. The smallest absolute Gasteiger partial charge is 0.410 e. The average molecular weight is 362 g/mol. The van der Waals surface area contributed by atoms with Crippen LogP contribution in [-0.2, 0) is 15.9 Å². The molecule has 0 radical (unpaired) electrons. The van der Waals surface area contributed by atoms with Crippen molar-refractivity contribution in [3.8, 4) is 5.75 Å². The van der Waals surface area contributed by atoms with Crippen LogP contribution in [0.2, 0.25) is 0 Å². The van der Waals surface area contributed by atoms with Crippen LogP contribution in [0, 0.1) is 0 Å². The molecule has 2 aliphatic rings. The predicted octanol–water partition coefficient (Wildman–Crippen LogP) is 2.86. The van der Waals surface area contributed by atoms with Crippen molar-refractivity contribution < 1.29 is 19.0 Å². The Bertz CT molecular complexity index is 635. The molecule has 1 amide bonds. The molecule has 2 aliphatic heterocycles. The Labute approximate surface area is 156 Å². The third-order valence-electron chi connectivity index (χ3n) is 4.87. The van der Waals surface area contributed by atoms with Gasteiger partial charge in [0.15, 0.2) is 0 Å². The number of fused-ring (bicyclic) bond motifs is 1. The summed E-state index contributed by atoms with van der Waals surface area (Å²) in [6, 6.07) is 6.14. The highest BCUT2D eigenvalue weighted by atomic mass is 16.6. The van der Waals surface area contributed by atoms with Gasteiger partial charge in [0.1, 0.15) is 11.4 Å². The molecule has 2 heterocycles. The number of morpholine rings is 1. The van der Waals surface area contributed by atoms with Crippen LogP contribution in [0.3, 0.4) is 0 Å².